The highest BCUT2D eigenvalue weighted by atomic mass is 35.5. The Balaban J connectivity index is 2.14. The van der Waals surface area contributed by atoms with E-state index >= 15 is 0 Å². The molecule has 1 aliphatic rings. The van der Waals surface area contributed by atoms with Gasteiger partial charge >= 0.3 is 5.97 Å². The molecule has 0 N–H and O–H groups in total. The third-order valence-corrected chi connectivity index (χ3v) is 4.95. The van der Waals surface area contributed by atoms with E-state index in [1.807, 2.05) is 12.1 Å². The molecule has 1 saturated heterocycles. The maximum atomic E-state index is 12.6. The van der Waals surface area contributed by atoms with Crippen LogP contribution in [-0.4, -0.2) is 47.5 Å². The molecule has 1 amide bonds. The highest BCUT2D eigenvalue weighted by molar-refractivity contribution is 8.26. The Morgan fingerprint density at radius 1 is 1.42 bits per heavy atom. The number of amides is 1. The van der Waals surface area contributed by atoms with E-state index in [0.717, 1.165) is 17.3 Å². The monoisotopic (exact) mass is 385 g/mol. The van der Waals surface area contributed by atoms with Crippen LogP contribution in [0.25, 0.3) is 6.08 Å². The van der Waals surface area contributed by atoms with E-state index in [2.05, 4.69) is 0 Å². The summed E-state index contributed by atoms with van der Waals surface area (Å²) in [6.45, 7) is 2.01. The Morgan fingerprint density at radius 3 is 2.79 bits per heavy atom. The summed E-state index contributed by atoms with van der Waals surface area (Å²) in [7, 11) is 1.51. The molecule has 2 rings (SSSR count). The van der Waals surface area contributed by atoms with Gasteiger partial charge in [-0.2, -0.15) is 0 Å². The van der Waals surface area contributed by atoms with E-state index < -0.39 is 12.0 Å². The van der Waals surface area contributed by atoms with Gasteiger partial charge in [0.1, 0.15) is 17.0 Å². The van der Waals surface area contributed by atoms with Crippen molar-refractivity contribution in [1.29, 1.82) is 0 Å². The maximum Gasteiger partial charge on any atom is 0.329 e. The van der Waals surface area contributed by atoms with Crippen LogP contribution in [0.2, 0.25) is 5.02 Å². The van der Waals surface area contributed by atoms with Crippen LogP contribution in [-0.2, 0) is 19.1 Å². The molecular weight excluding hydrogens is 370 g/mol. The van der Waals surface area contributed by atoms with Gasteiger partial charge in [0.2, 0.25) is 0 Å². The summed E-state index contributed by atoms with van der Waals surface area (Å²) in [5.74, 6) is -0.858. The van der Waals surface area contributed by atoms with Gasteiger partial charge in [0, 0.05) is 12.1 Å². The molecule has 128 valence electrons. The zero-order valence-corrected chi connectivity index (χ0v) is 15.5. The first-order chi connectivity index (χ1) is 11.5. The minimum atomic E-state index is -0.800. The molecule has 0 bridgehead atoms. The summed E-state index contributed by atoms with van der Waals surface area (Å²) in [5.41, 5.74) is 0.718. The quantitative estimate of drug-likeness (QED) is 0.324. The average Bonchev–Trinajstić information content (AvgIpc) is 2.83. The zero-order chi connectivity index (χ0) is 17.7. The molecule has 24 heavy (non-hydrogen) atoms. The van der Waals surface area contributed by atoms with Gasteiger partial charge in [-0.15, -0.1) is 0 Å². The fourth-order valence-electron chi connectivity index (χ4n) is 2.00. The number of nitrogens with zero attached hydrogens (tertiary/aromatic N) is 1. The Hall–Kier alpha value is -1.41. The molecule has 0 aliphatic carbocycles. The predicted molar refractivity (Wildman–Crippen MR) is 98.8 cm³/mol. The van der Waals surface area contributed by atoms with Crippen molar-refractivity contribution < 1.29 is 19.1 Å². The molecule has 1 atom stereocenters. The maximum absolute atomic E-state index is 12.6. The summed E-state index contributed by atoms with van der Waals surface area (Å²) in [4.78, 5) is 26.3. The van der Waals surface area contributed by atoms with E-state index in [-0.39, 0.29) is 12.5 Å². The second kappa shape index (κ2) is 8.62. The summed E-state index contributed by atoms with van der Waals surface area (Å²) in [5, 5.41) is 0.537. The fourth-order valence-corrected chi connectivity index (χ4v) is 3.60. The smallest absolute Gasteiger partial charge is 0.329 e. The van der Waals surface area contributed by atoms with Gasteiger partial charge in [0.05, 0.1) is 11.5 Å². The van der Waals surface area contributed by atoms with Gasteiger partial charge in [-0.1, -0.05) is 53.8 Å². The number of methoxy groups -OCH3 is 1. The third kappa shape index (κ3) is 4.36. The summed E-state index contributed by atoms with van der Waals surface area (Å²) >= 11 is 12.5. The molecule has 1 aromatic rings. The van der Waals surface area contributed by atoms with Crippen LogP contribution in [0.3, 0.4) is 0 Å². The number of hydrogen-bond donors (Lipinski definition) is 0. The van der Waals surface area contributed by atoms with Crippen molar-refractivity contribution in [3.8, 4) is 0 Å². The first kappa shape index (κ1) is 18.9. The molecule has 1 fully saturated rings. The third-order valence-electron chi connectivity index (χ3n) is 3.28. The Labute approximate surface area is 154 Å². The highest BCUT2D eigenvalue weighted by Crippen LogP contribution is 2.35. The first-order valence-corrected chi connectivity index (χ1v) is 8.73. The number of thiocarbonyl (C=S) groups is 1. The summed E-state index contributed by atoms with van der Waals surface area (Å²) < 4.78 is 10.2. The van der Waals surface area contributed by atoms with Crippen LogP contribution in [0.15, 0.2) is 29.2 Å². The number of esters is 1. The van der Waals surface area contributed by atoms with Crippen molar-refractivity contribution in [3.05, 3.63) is 39.8 Å². The van der Waals surface area contributed by atoms with E-state index in [9.17, 15) is 9.59 Å². The lowest BCUT2D eigenvalue weighted by Crippen LogP contribution is -2.42. The van der Waals surface area contributed by atoms with E-state index in [0.29, 0.717) is 20.9 Å². The Morgan fingerprint density at radius 2 is 2.12 bits per heavy atom. The van der Waals surface area contributed by atoms with Crippen LogP contribution >= 0.6 is 35.6 Å². The predicted octanol–water partition coefficient (Wildman–Crippen LogP) is 3.12. The second-order valence-corrected chi connectivity index (χ2v) is 6.99. The number of ether oxygens (including phenoxy) is 2. The molecule has 5 nitrogen and oxygen atoms in total. The zero-order valence-electron chi connectivity index (χ0n) is 13.2. The molecule has 1 heterocycles. The number of carbonyl (C=O) groups excluding carboxylic acids is 2. The number of halogens is 1. The van der Waals surface area contributed by atoms with Crippen LogP contribution < -0.4 is 0 Å². The standard InChI is InChI=1S/C16H16ClNO4S2/c1-10(15(20)22-8-7-21-2)18-14(19)13(24-16(18)23)9-11-5-3-4-6-12(11)17/h3-6,9-10H,7-8H2,1-2H3/b13-9-/t10-/m0/s1. The molecule has 8 heteroatoms. The van der Waals surface area contributed by atoms with Gasteiger partial charge in [-0.25, -0.2) is 4.79 Å². The van der Waals surface area contributed by atoms with Crippen molar-refractivity contribution in [2.24, 2.45) is 0 Å². The lowest BCUT2D eigenvalue weighted by molar-refractivity contribution is -0.151. The molecule has 0 spiro atoms. The van der Waals surface area contributed by atoms with Crippen molar-refractivity contribution in [2.45, 2.75) is 13.0 Å². The molecular formula is C16H16ClNO4S2. The summed E-state index contributed by atoms with van der Waals surface area (Å²) in [6, 6.07) is 6.38. The lowest BCUT2D eigenvalue weighted by Gasteiger charge is -2.21. The topological polar surface area (TPSA) is 55.8 Å². The number of thioether (sulfide) groups is 1. The van der Waals surface area contributed by atoms with Crippen LogP contribution in [0.1, 0.15) is 12.5 Å². The Bertz CT molecular complexity index is 692. The number of rotatable bonds is 6. The van der Waals surface area contributed by atoms with Crippen molar-refractivity contribution in [3.63, 3.8) is 0 Å². The second-order valence-electron chi connectivity index (χ2n) is 4.91. The van der Waals surface area contributed by atoms with Gasteiger partial charge in [-0.3, -0.25) is 9.69 Å². The number of benzene rings is 1. The SMILES string of the molecule is COCCOC(=O)[C@H](C)N1C(=O)/C(=C/c2ccccc2Cl)SC1=S. The molecule has 0 radical (unpaired) electrons. The summed E-state index contributed by atoms with van der Waals surface area (Å²) in [6.07, 6.45) is 1.67. The molecule has 0 saturated carbocycles. The van der Waals surface area contributed by atoms with Crippen molar-refractivity contribution in [1.82, 2.24) is 4.90 Å². The van der Waals surface area contributed by atoms with E-state index in [1.54, 1.807) is 25.1 Å². The normalized spacial score (nSPS) is 17.5. The van der Waals surface area contributed by atoms with Gasteiger partial charge in [0.15, 0.2) is 0 Å². The largest absolute Gasteiger partial charge is 0.462 e. The van der Waals surface area contributed by atoms with E-state index in [1.165, 1.54) is 12.0 Å². The Kier molecular flexibility index (Phi) is 6.79. The van der Waals surface area contributed by atoms with Crippen molar-refractivity contribution >= 4 is 57.9 Å². The van der Waals surface area contributed by atoms with Crippen LogP contribution in [0, 0.1) is 0 Å². The number of hydrogen-bond acceptors (Lipinski definition) is 6. The minimum Gasteiger partial charge on any atom is -0.462 e. The number of carbonyl (C=O) groups is 2. The van der Waals surface area contributed by atoms with E-state index in [4.69, 9.17) is 33.3 Å². The molecule has 0 unspecified atom stereocenters. The minimum absolute atomic E-state index is 0.129. The van der Waals surface area contributed by atoms with Gasteiger partial charge in [0.25, 0.3) is 5.91 Å². The fraction of sp³-hybridized carbons (Fsp3) is 0.312. The van der Waals surface area contributed by atoms with Gasteiger partial charge in [-0.05, 0) is 24.6 Å². The molecule has 1 aromatic carbocycles. The van der Waals surface area contributed by atoms with Crippen LogP contribution in [0.5, 0.6) is 0 Å². The molecule has 0 aromatic heterocycles. The van der Waals surface area contributed by atoms with Gasteiger partial charge < -0.3 is 9.47 Å². The highest BCUT2D eigenvalue weighted by Gasteiger charge is 2.38. The lowest BCUT2D eigenvalue weighted by atomic mass is 10.2. The average molecular weight is 386 g/mol. The first-order valence-electron chi connectivity index (χ1n) is 7.13. The van der Waals surface area contributed by atoms with Crippen LogP contribution in [0.4, 0.5) is 0 Å². The molecule has 1 aliphatic heterocycles. The van der Waals surface area contributed by atoms with Crippen molar-refractivity contribution in [2.75, 3.05) is 20.3 Å².